The van der Waals surface area contributed by atoms with Crippen LogP contribution in [-0.4, -0.2) is 58.8 Å². The van der Waals surface area contributed by atoms with Crippen LogP contribution in [0.15, 0.2) is 36.5 Å². The zero-order valence-corrected chi connectivity index (χ0v) is 23.1. The number of rotatable bonds is 7. The maximum atomic E-state index is 14.5. The average molecular weight is 585 g/mol. The molecule has 2 aliphatic heterocycles. The Morgan fingerprint density at radius 2 is 2.00 bits per heavy atom. The van der Waals surface area contributed by atoms with E-state index in [1.54, 1.807) is 20.8 Å². The van der Waals surface area contributed by atoms with Crippen molar-refractivity contribution in [3.8, 4) is 5.88 Å². The number of methoxy groups -OCH3 is 1. The van der Waals surface area contributed by atoms with Crippen LogP contribution in [0.1, 0.15) is 76.5 Å². The third kappa shape index (κ3) is 6.35. The van der Waals surface area contributed by atoms with Crippen LogP contribution in [0, 0.1) is 18.2 Å². The van der Waals surface area contributed by atoms with Crippen LogP contribution >= 0.6 is 0 Å². The van der Waals surface area contributed by atoms with Crippen molar-refractivity contribution < 1.29 is 50.3 Å². The third-order valence-electron chi connectivity index (χ3n) is 7.15. The van der Waals surface area contributed by atoms with Crippen LogP contribution in [0.3, 0.4) is 0 Å². The molecular weight excluding hydrogens is 541 g/mol. The summed E-state index contributed by atoms with van der Waals surface area (Å²) in [6.45, 7) is 1.15. The predicted molar refractivity (Wildman–Crippen MR) is 143 cm³/mol. The number of carboxylic acids is 1. The molecule has 6 atom stereocenters. The Bertz CT molecular complexity index is 1510. The molecule has 2 aliphatic rings. The summed E-state index contributed by atoms with van der Waals surface area (Å²) in [7, 11) is 1.18. The Kier molecular flexibility index (Phi) is 6.83. The molecule has 224 valence electrons. The number of aryl methyl sites for hydroxylation is 1. The van der Waals surface area contributed by atoms with Gasteiger partial charge in [0, 0.05) is 29.8 Å². The second kappa shape index (κ2) is 12.0. The lowest BCUT2D eigenvalue weighted by Gasteiger charge is -2.35. The van der Waals surface area contributed by atoms with Gasteiger partial charge in [-0.3, -0.25) is 4.79 Å². The highest BCUT2D eigenvalue weighted by molar-refractivity contribution is 5.88. The second-order valence-corrected chi connectivity index (χ2v) is 11.0. The van der Waals surface area contributed by atoms with Crippen molar-refractivity contribution in [3.63, 3.8) is 0 Å². The van der Waals surface area contributed by atoms with Crippen molar-refractivity contribution >= 4 is 11.9 Å². The highest BCUT2D eigenvalue weighted by Crippen LogP contribution is 2.51. The minimum absolute atomic E-state index is 0.0582. The number of halogens is 3. The first-order valence-electron chi connectivity index (χ1n) is 16.1. The monoisotopic (exact) mass is 584 g/mol. The predicted octanol–water partition coefficient (Wildman–Crippen LogP) is 5.57. The third-order valence-corrected chi connectivity index (χ3v) is 7.15. The Labute approximate surface area is 246 Å². The number of nitrogens with zero attached hydrogens (tertiary/aromatic N) is 2. The number of hydrogen-bond donors (Lipinski definition) is 1. The van der Waals surface area contributed by atoms with Crippen LogP contribution in [0.5, 0.6) is 5.88 Å². The molecule has 0 unspecified atom stereocenters. The lowest BCUT2D eigenvalue weighted by molar-refractivity contribution is -0.159. The quantitative estimate of drug-likeness (QED) is 0.454. The van der Waals surface area contributed by atoms with Crippen LogP contribution in [0.2, 0.25) is 0 Å². The van der Waals surface area contributed by atoms with Crippen LogP contribution in [-0.2, 0) is 31.8 Å². The van der Waals surface area contributed by atoms with E-state index in [-0.39, 0.29) is 35.6 Å². The van der Waals surface area contributed by atoms with Crippen molar-refractivity contribution in [2.75, 3.05) is 13.7 Å². The summed E-state index contributed by atoms with van der Waals surface area (Å²) in [5.74, 6) is -4.89. The molecular formula is C30H37F3N2O6. The summed E-state index contributed by atoms with van der Waals surface area (Å²) >= 11 is 0. The first-order chi connectivity index (χ1) is 21.6. The van der Waals surface area contributed by atoms with E-state index in [0.717, 1.165) is 6.07 Å². The van der Waals surface area contributed by atoms with Gasteiger partial charge >= 0.3 is 12.1 Å². The number of amides is 1. The van der Waals surface area contributed by atoms with E-state index in [1.165, 1.54) is 31.4 Å². The van der Waals surface area contributed by atoms with E-state index in [4.69, 9.17) is 21.1 Å². The molecule has 41 heavy (non-hydrogen) atoms. The zero-order valence-electron chi connectivity index (χ0n) is 29.1. The van der Waals surface area contributed by atoms with Crippen molar-refractivity contribution in [3.05, 3.63) is 58.8 Å². The van der Waals surface area contributed by atoms with Crippen molar-refractivity contribution in [1.29, 1.82) is 0 Å². The molecule has 4 rings (SSSR count). The standard InChI is InChI=1S/C30H37F3N2O6/c1-17-10-6-7-11-20(17)23-25(41-16-18-14-19(30(31,32)33)15-34-26(18)39-5)22(29(2,3)4)24(28(37)38)35(23)27(36)21-12-8-9-13-40-21/h6-7,10-11,14-15,21-25H,8-9,12-13,16H2,1-5H3,(H,37,38)/t21-,22+,23-,24-,25-/m0/s1/i1D3,12D,21D,24D/t12-,21-,22+,23-,24-,25-. The highest BCUT2D eigenvalue weighted by atomic mass is 19.4. The summed E-state index contributed by atoms with van der Waals surface area (Å²) in [5, 5.41) is 10.7. The molecule has 0 bridgehead atoms. The molecule has 0 aliphatic carbocycles. The van der Waals surface area contributed by atoms with Gasteiger partial charge in [-0.2, -0.15) is 13.2 Å². The maximum Gasteiger partial charge on any atom is 0.417 e. The summed E-state index contributed by atoms with van der Waals surface area (Å²) in [4.78, 5) is 32.0. The largest absolute Gasteiger partial charge is 0.481 e. The summed E-state index contributed by atoms with van der Waals surface area (Å²) in [6, 6.07) is 1.58. The van der Waals surface area contributed by atoms with Gasteiger partial charge in [0.05, 0.1) is 34.2 Å². The summed E-state index contributed by atoms with van der Waals surface area (Å²) in [6.07, 6.45) is -9.49. The van der Waals surface area contributed by atoms with Crippen molar-refractivity contribution in [2.45, 2.75) is 83.9 Å². The van der Waals surface area contributed by atoms with E-state index in [2.05, 4.69) is 4.98 Å². The van der Waals surface area contributed by atoms with Gasteiger partial charge in [-0.15, -0.1) is 0 Å². The summed E-state index contributed by atoms with van der Waals surface area (Å²) < 4.78 is 109. The number of ether oxygens (including phenoxy) is 3. The molecule has 3 heterocycles. The molecule has 1 aromatic carbocycles. The fraction of sp³-hybridized carbons (Fsp3) is 0.567. The fourth-order valence-corrected chi connectivity index (χ4v) is 5.37. The van der Waals surface area contributed by atoms with Crippen LogP contribution in [0.25, 0.3) is 0 Å². The topological polar surface area (TPSA) is 98.2 Å². The number of alkyl halides is 3. The lowest BCUT2D eigenvalue weighted by atomic mass is 9.73. The Morgan fingerprint density at radius 1 is 1.27 bits per heavy atom. The van der Waals surface area contributed by atoms with Gasteiger partial charge in [0.25, 0.3) is 5.91 Å². The lowest BCUT2D eigenvalue weighted by Crippen LogP contribution is -2.51. The SMILES string of the molecule is [2H][C@H]1CCCO[C@]1([2H])C(=O)N1[C@@H](c2ccccc2C([2H])([2H])[2H])[C@@H](OCc2cc(C(F)(F)F)cnc2OC)[C@H](C(C)(C)C)[C@@]1([2H])C(=O)O. The molecule has 1 amide bonds. The van der Waals surface area contributed by atoms with E-state index in [9.17, 15) is 29.2 Å². The highest BCUT2D eigenvalue weighted by Gasteiger charge is 2.59. The first-order valence-corrected chi connectivity index (χ1v) is 13.0. The van der Waals surface area contributed by atoms with Crippen molar-refractivity contribution in [2.24, 2.45) is 11.3 Å². The number of carboxylic acid groups (broad SMARTS) is 1. The Morgan fingerprint density at radius 3 is 2.61 bits per heavy atom. The molecule has 8 nitrogen and oxygen atoms in total. The molecule has 11 heteroatoms. The molecule has 0 spiro atoms. The number of hydrogen-bond acceptors (Lipinski definition) is 6. The average Bonchev–Trinajstić information content (AvgIpc) is 3.25. The van der Waals surface area contributed by atoms with Crippen molar-refractivity contribution in [1.82, 2.24) is 9.88 Å². The van der Waals surface area contributed by atoms with Gasteiger partial charge < -0.3 is 24.2 Å². The number of carbonyl (C=O) groups is 2. The number of likely N-dealkylation sites (tertiary alicyclic amines) is 1. The van der Waals surface area contributed by atoms with Crippen LogP contribution < -0.4 is 4.74 Å². The smallest absolute Gasteiger partial charge is 0.417 e. The summed E-state index contributed by atoms with van der Waals surface area (Å²) in [5.41, 5.74) is -2.92. The molecule has 1 aromatic heterocycles. The van der Waals surface area contributed by atoms with Gasteiger partial charge in [-0.25, -0.2) is 9.78 Å². The molecule has 0 saturated carbocycles. The number of aromatic nitrogens is 1. The number of aliphatic carboxylic acids is 1. The second-order valence-electron chi connectivity index (χ2n) is 11.0. The van der Waals surface area contributed by atoms with Gasteiger partial charge in [-0.05, 0) is 48.7 Å². The van der Waals surface area contributed by atoms with Gasteiger partial charge in [0.1, 0.15) is 12.1 Å². The molecule has 1 N–H and O–H groups in total. The number of carbonyl (C=O) groups excluding carboxylic acids is 1. The molecule has 2 aromatic rings. The number of benzene rings is 1. The minimum atomic E-state index is -4.78. The molecule has 2 saturated heterocycles. The first kappa shape index (κ1) is 23.4. The van der Waals surface area contributed by atoms with E-state index in [0.29, 0.717) is 17.5 Å². The van der Waals surface area contributed by atoms with Gasteiger partial charge in [0.15, 0.2) is 0 Å². The molecule has 0 radical (unpaired) electrons. The maximum absolute atomic E-state index is 14.5. The van der Waals surface area contributed by atoms with E-state index in [1.807, 2.05) is 0 Å². The van der Waals surface area contributed by atoms with Crippen LogP contribution in [0.4, 0.5) is 13.2 Å². The van der Waals surface area contributed by atoms with E-state index >= 15 is 0 Å². The Balaban J connectivity index is 2.01. The fourth-order valence-electron chi connectivity index (χ4n) is 5.37. The zero-order chi connectivity index (χ0) is 35.3. The number of pyridine rings is 1. The molecule has 2 fully saturated rings. The van der Waals surface area contributed by atoms with Gasteiger partial charge in [0.2, 0.25) is 5.88 Å². The Hall–Kier alpha value is -3.18. The van der Waals surface area contributed by atoms with Gasteiger partial charge in [-0.1, -0.05) is 45.0 Å². The van der Waals surface area contributed by atoms with E-state index < -0.39 is 79.0 Å². The minimum Gasteiger partial charge on any atom is -0.481 e. The normalized spacial score (nSPS) is 33.1.